The number of imidazole rings is 1. The predicted octanol–water partition coefficient (Wildman–Crippen LogP) is 5.98. The van der Waals surface area contributed by atoms with Crippen LogP contribution in [0.25, 0.3) is 27.1 Å². The van der Waals surface area contributed by atoms with E-state index < -0.39 is 0 Å². The molecule has 1 aliphatic rings. The summed E-state index contributed by atoms with van der Waals surface area (Å²) < 4.78 is 17.6. The topological polar surface area (TPSA) is 43.1 Å². The van der Waals surface area contributed by atoms with Crippen molar-refractivity contribution < 1.29 is 4.39 Å². The second-order valence-electron chi connectivity index (χ2n) is 8.31. The SMILES string of the molecule is Cc1cn2nc(-c3cc(F)c4nc(C5(C)CCCCC5)sc4c3)cc(C)c2n1. The van der Waals surface area contributed by atoms with E-state index in [0.717, 1.165) is 50.7 Å². The van der Waals surface area contributed by atoms with E-state index in [0.29, 0.717) is 5.52 Å². The van der Waals surface area contributed by atoms with Crippen molar-refractivity contribution in [3.8, 4) is 11.3 Å². The summed E-state index contributed by atoms with van der Waals surface area (Å²) in [5.74, 6) is -0.268. The first-order valence-corrected chi connectivity index (χ1v) is 10.7. The summed E-state index contributed by atoms with van der Waals surface area (Å²) in [5.41, 5.74) is 4.89. The molecule has 0 radical (unpaired) electrons. The van der Waals surface area contributed by atoms with Gasteiger partial charge in [0.1, 0.15) is 5.52 Å². The summed E-state index contributed by atoms with van der Waals surface area (Å²) in [7, 11) is 0. The van der Waals surface area contributed by atoms with Crippen molar-refractivity contribution >= 4 is 27.2 Å². The van der Waals surface area contributed by atoms with Gasteiger partial charge in [-0.1, -0.05) is 26.2 Å². The number of benzene rings is 1. The van der Waals surface area contributed by atoms with E-state index in [1.165, 1.54) is 19.3 Å². The molecule has 144 valence electrons. The van der Waals surface area contributed by atoms with E-state index in [2.05, 4.69) is 17.0 Å². The van der Waals surface area contributed by atoms with Gasteiger partial charge in [-0.15, -0.1) is 11.3 Å². The third-order valence-electron chi connectivity index (χ3n) is 5.95. The van der Waals surface area contributed by atoms with E-state index in [4.69, 9.17) is 4.98 Å². The number of aromatic nitrogens is 4. The molecule has 4 nitrogen and oxygen atoms in total. The van der Waals surface area contributed by atoms with Crippen molar-refractivity contribution in [2.24, 2.45) is 0 Å². The van der Waals surface area contributed by atoms with Crippen LogP contribution in [0.15, 0.2) is 24.4 Å². The van der Waals surface area contributed by atoms with E-state index in [9.17, 15) is 4.39 Å². The first-order valence-electron chi connectivity index (χ1n) is 9.87. The largest absolute Gasteiger partial charge is 0.238 e. The lowest BCUT2D eigenvalue weighted by molar-refractivity contribution is 0.319. The van der Waals surface area contributed by atoms with Crippen LogP contribution in [-0.4, -0.2) is 19.6 Å². The first-order chi connectivity index (χ1) is 13.4. The highest BCUT2D eigenvalue weighted by Crippen LogP contribution is 2.43. The van der Waals surface area contributed by atoms with Crippen LogP contribution >= 0.6 is 11.3 Å². The van der Waals surface area contributed by atoms with Crippen molar-refractivity contribution in [1.29, 1.82) is 0 Å². The van der Waals surface area contributed by atoms with Gasteiger partial charge in [-0.25, -0.2) is 18.9 Å². The molecule has 1 aliphatic carbocycles. The number of aryl methyl sites for hydroxylation is 2. The number of halogens is 1. The Kier molecular flexibility index (Phi) is 4.02. The molecule has 0 unspecified atom stereocenters. The number of thiazole rings is 1. The predicted molar refractivity (Wildman–Crippen MR) is 111 cm³/mol. The first kappa shape index (κ1) is 17.7. The van der Waals surface area contributed by atoms with Crippen molar-refractivity contribution in [2.45, 2.75) is 58.3 Å². The highest BCUT2D eigenvalue weighted by atomic mass is 32.1. The van der Waals surface area contributed by atoms with Crippen LogP contribution in [-0.2, 0) is 5.41 Å². The molecule has 0 aliphatic heterocycles. The Bertz CT molecular complexity index is 1200. The Balaban J connectivity index is 1.63. The summed E-state index contributed by atoms with van der Waals surface area (Å²) >= 11 is 1.64. The second kappa shape index (κ2) is 6.34. The molecule has 0 bridgehead atoms. The number of hydrogen-bond acceptors (Lipinski definition) is 4. The van der Waals surface area contributed by atoms with Crippen molar-refractivity contribution in [2.75, 3.05) is 0 Å². The Hall–Kier alpha value is -2.34. The van der Waals surface area contributed by atoms with Crippen LogP contribution in [0.5, 0.6) is 0 Å². The van der Waals surface area contributed by atoms with Crippen LogP contribution < -0.4 is 0 Å². The second-order valence-corrected chi connectivity index (χ2v) is 9.34. The maximum Gasteiger partial charge on any atom is 0.156 e. The molecule has 3 aromatic heterocycles. The fourth-order valence-corrected chi connectivity index (χ4v) is 5.55. The molecule has 1 saturated carbocycles. The Labute approximate surface area is 167 Å². The number of nitrogens with zero attached hydrogens (tertiary/aromatic N) is 4. The average molecular weight is 395 g/mol. The van der Waals surface area contributed by atoms with Gasteiger partial charge >= 0.3 is 0 Å². The van der Waals surface area contributed by atoms with Gasteiger partial charge in [0.05, 0.1) is 27.3 Å². The number of hydrogen-bond donors (Lipinski definition) is 0. The molecular weight excluding hydrogens is 371 g/mol. The van der Waals surface area contributed by atoms with Gasteiger partial charge in [0.2, 0.25) is 0 Å². The highest BCUT2D eigenvalue weighted by molar-refractivity contribution is 7.18. The molecule has 6 heteroatoms. The van der Waals surface area contributed by atoms with Gasteiger partial charge < -0.3 is 0 Å². The summed E-state index contributed by atoms with van der Waals surface area (Å²) in [5, 5.41) is 5.73. The lowest BCUT2D eigenvalue weighted by Crippen LogP contribution is -2.24. The van der Waals surface area contributed by atoms with Gasteiger partial charge in [0.25, 0.3) is 0 Å². The van der Waals surface area contributed by atoms with Crippen molar-refractivity contribution in [3.63, 3.8) is 0 Å². The zero-order valence-corrected chi connectivity index (χ0v) is 17.2. The molecule has 0 N–H and O–H groups in total. The molecule has 1 aromatic carbocycles. The maximum atomic E-state index is 15.0. The van der Waals surface area contributed by atoms with Gasteiger partial charge in [-0.2, -0.15) is 5.10 Å². The molecule has 0 amide bonds. The normalized spacial score (nSPS) is 16.9. The van der Waals surface area contributed by atoms with Crippen LogP contribution in [0.1, 0.15) is 55.3 Å². The van der Waals surface area contributed by atoms with Gasteiger partial charge in [-0.05, 0) is 50.5 Å². The minimum absolute atomic E-state index is 0.0800. The Morgan fingerprint density at radius 1 is 1.07 bits per heavy atom. The summed E-state index contributed by atoms with van der Waals surface area (Å²) in [6, 6.07) is 5.57. The van der Waals surface area contributed by atoms with Crippen LogP contribution in [0.2, 0.25) is 0 Å². The molecule has 0 atom stereocenters. The third-order valence-corrected chi connectivity index (χ3v) is 7.26. The van der Waals surface area contributed by atoms with Crippen molar-refractivity contribution in [3.05, 3.63) is 46.5 Å². The molecule has 1 fully saturated rings. The quantitative estimate of drug-likeness (QED) is 0.420. The monoisotopic (exact) mass is 394 g/mol. The summed E-state index contributed by atoms with van der Waals surface area (Å²) in [6.07, 6.45) is 7.93. The molecule has 0 spiro atoms. The summed E-state index contributed by atoms with van der Waals surface area (Å²) in [4.78, 5) is 9.22. The van der Waals surface area contributed by atoms with Gasteiger partial charge in [0.15, 0.2) is 11.5 Å². The fourth-order valence-electron chi connectivity index (χ4n) is 4.33. The lowest BCUT2D eigenvalue weighted by Gasteiger charge is -2.31. The molecule has 28 heavy (non-hydrogen) atoms. The zero-order valence-electron chi connectivity index (χ0n) is 16.4. The smallest absolute Gasteiger partial charge is 0.156 e. The third kappa shape index (κ3) is 2.82. The standard InChI is InChI=1S/C22H23FN4S/c1-13-9-17(26-27-12-14(2)24-20(13)27)15-10-16(23)19-18(11-15)28-21(25-19)22(3)7-5-4-6-8-22/h9-12H,4-8H2,1-3H3. The fraction of sp³-hybridized carbons (Fsp3) is 0.409. The number of fused-ring (bicyclic) bond motifs is 2. The van der Waals surface area contributed by atoms with Crippen LogP contribution in [0, 0.1) is 19.7 Å². The van der Waals surface area contributed by atoms with E-state index >= 15 is 0 Å². The van der Waals surface area contributed by atoms with E-state index in [1.807, 2.05) is 32.2 Å². The molecule has 4 aromatic rings. The zero-order chi connectivity index (χ0) is 19.5. The van der Waals surface area contributed by atoms with E-state index in [1.54, 1.807) is 21.9 Å². The molecule has 5 rings (SSSR count). The molecule has 0 saturated heterocycles. The molecule has 3 heterocycles. The van der Waals surface area contributed by atoms with Crippen LogP contribution in [0.4, 0.5) is 4.39 Å². The Morgan fingerprint density at radius 2 is 1.86 bits per heavy atom. The van der Waals surface area contributed by atoms with Gasteiger partial charge in [0, 0.05) is 11.0 Å². The van der Waals surface area contributed by atoms with Crippen molar-refractivity contribution in [1.82, 2.24) is 19.6 Å². The lowest BCUT2D eigenvalue weighted by atomic mass is 9.76. The summed E-state index contributed by atoms with van der Waals surface area (Å²) in [6.45, 7) is 6.24. The number of rotatable bonds is 2. The minimum Gasteiger partial charge on any atom is -0.238 e. The minimum atomic E-state index is -0.268. The molecular formula is C22H23FN4S. The van der Waals surface area contributed by atoms with Gasteiger partial charge in [-0.3, -0.25) is 0 Å². The van der Waals surface area contributed by atoms with Crippen LogP contribution in [0.3, 0.4) is 0 Å². The average Bonchev–Trinajstić information content (AvgIpc) is 3.26. The highest BCUT2D eigenvalue weighted by Gasteiger charge is 2.32. The Morgan fingerprint density at radius 3 is 2.64 bits per heavy atom. The van der Waals surface area contributed by atoms with E-state index in [-0.39, 0.29) is 11.2 Å². The maximum absolute atomic E-state index is 15.0.